The third-order valence-corrected chi connectivity index (χ3v) is 2.86. The first kappa shape index (κ1) is 15.9. The SMILES string of the molecule is CC(NC(=O)[C@H](C)N)C(C)c1ccccc1.Cl. The zero-order chi connectivity index (χ0) is 12.1. The fraction of sp³-hybridized carbons (Fsp3) is 0.462. The topological polar surface area (TPSA) is 55.1 Å². The minimum Gasteiger partial charge on any atom is -0.352 e. The average Bonchev–Trinajstić information content (AvgIpc) is 2.28. The van der Waals surface area contributed by atoms with Crippen LogP contribution in [0.1, 0.15) is 32.3 Å². The van der Waals surface area contributed by atoms with E-state index in [0.717, 1.165) is 0 Å². The molecule has 4 heteroatoms. The number of carbonyl (C=O) groups excluding carboxylic acids is 1. The number of benzene rings is 1. The number of nitrogens with one attached hydrogen (secondary N) is 1. The highest BCUT2D eigenvalue weighted by molar-refractivity contribution is 5.85. The molecule has 17 heavy (non-hydrogen) atoms. The molecule has 0 heterocycles. The molecule has 0 aliphatic carbocycles. The fourth-order valence-corrected chi connectivity index (χ4v) is 1.53. The molecule has 0 aliphatic rings. The highest BCUT2D eigenvalue weighted by Gasteiger charge is 2.17. The molecule has 0 aliphatic heterocycles. The summed E-state index contributed by atoms with van der Waals surface area (Å²) in [6.07, 6.45) is 0. The summed E-state index contributed by atoms with van der Waals surface area (Å²) in [6, 6.07) is 9.77. The highest BCUT2D eigenvalue weighted by Crippen LogP contribution is 2.18. The summed E-state index contributed by atoms with van der Waals surface area (Å²) < 4.78 is 0. The molecule has 0 saturated carbocycles. The Bertz CT molecular complexity index is 341. The van der Waals surface area contributed by atoms with Gasteiger partial charge in [-0.1, -0.05) is 37.3 Å². The molecular formula is C13H21ClN2O. The Labute approximate surface area is 109 Å². The lowest BCUT2D eigenvalue weighted by Crippen LogP contribution is -2.44. The molecule has 0 radical (unpaired) electrons. The first-order valence-electron chi connectivity index (χ1n) is 5.63. The molecule has 0 bridgehead atoms. The predicted octanol–water partition coefficient (Wildman–Crippen LogP) is 2.06. The van der Waals surface area contributed by atoms with Crippen LogP contribution in [-0.2, 0) is 4.79 Å². The van der Waals surface area contributed by atoms with Crippen LogP contribution in [0.3, 0.4) is 0 Å². The van der Waals surface area contributed by atoms with Crippen molar-refractivity contribution in [3.8, 4) is 0 Å². The lowest BCUT2D eigenvalue weighted by molar-refractivity contribution is -0.122. The standard InChI is InChI=1S/C13H20N2O.ClH/c1-9(12-7-5-4-6-8-12)11(3)15-13(16)10(2)14;/h4-11H,14H2,1-3H3,(H,15,16);1H/t9?,10-,11?;/m0./s1. The van der Waals surface area contributed by atoms with Crippen molar-refractivity contribution in [1.29, 1.82) is 0 Å². The van der Waals surface area contributed by atoms with Crippen LogP contribution in [0, 0.1) is 0 Å². The lowest BCUT2D eigenvalue weighted by atomic mass is 9.94. The smallest absolute Gasteiger partial charge is 0.236 e. The third-order valence-electron chi connectivity index (χ3n) is 2.86. The Morgan fingerprint density at radius 1 is 1.18 bits per heavy atom. The van der Waals surface area contributed by atoms with Gasteiger partial charge in [0.2, 0.25) is 5.91 Å². The van der Waals surface area contributed by atoms with Gasteiger partial charge in [-0.2, -0.15) is 0 Å². The Hall–Kier alpha value is -1.06. The van der Waals surface area contributed by atoms with Gasteiger partial charge in [0.15, 0.2) is 0 Å². The lowest BCUT2D eigenvalue weighted by Gasteiger charge is -2.22. The molecule has 0 saturated heterocycles. The van der Waals surface area contributed by atoms with E-state index in [-0.39, 0.29) is 30.3 Å². The summed E-state index contributed by atoms with van der Waals surface area (Å²) in [5.41, 5.74) is 6.73. The number of carbonyl (C=O) groups is 1. The first-order chi connectivity index (χ1) is 7.52. The summed E-state index contributed by atoms with van der Waals surface area (Å²) in [4.78, 5) is 11.5. The molecule has 0 spiro atoms. The molecule has 3 N–H and O–H groups in total. The van der Waals surface area contributed by atoms with Gasteiger partial charge in [-0.15, -0.1) is 12.4 Å². The van der Waals surface area contributed by atoms with Crippen LogP contribution in [0.5, 0.6) is 0 Å². The third kappa shape index (κ3) is 4.75. The van der Waals surface area contributed by atoms with Crippen molar-refractivity contribution in [2.24, 2.45) is 5.73 Å². The van der Waals surface area contributed by atoms with Crippen LogP contribution in [0.15, 0.2) is 30.3 Å². The molecule has 1 amide bonds. The number of halogens is 1. The number of amides is 1. The molecule has 1 aromatic rings. The molecule has 1 aromatic carbocycles. The number of hydrogen-bond donors (Lipinski definition) is 2. The van der Waals surface area contributed by atoms with Gasteiger partial charge in [0.1, 0.15) is 0 Å². The second-order valence-corrected chi connectivity index (χ2v) is 4.29. The van der Waals surface area contributed by atoms with E-state index < -0.39 is 6.04 Å². The first-order valence-corrected chi connectivity index (χ1v) is 5.63. The van der Waals surface area contributed by atoms with E-state index >= 15 is 0 Å². The van der Waals surface area contributed by atoms with Crippen LogP contribution in [0.4, 0.5) is 0 Å². The van der Waals surface area contributed by atoms with E-state index in [9.17, 15) is 4.79 Å². The monoisotopic (exact) mass is 256 g/mol. The highest BCUT2D eigenvalue weighted by atomic mass is 35.5. The molecule has 0 aromatic heterocycles. The van der Waals surface area contributed by atoms with E-state index in [1.165, 1.54) is 5.56 Å². The van der Waals surface area contributed by atoms with Crippen LogP contribution in [-0.4, -0.2) is 18.0 Å². The molecule has 0 fully saturated rings. The summed E-state index contributed by atoms with van der Waals surface area (Å²) in [5.74, 6) is 0.180. The van der Waals surface area contributed by atoms with Crippen LogP contribution < -0.4 is 11.1 Å². The maximum Gasteiger partial charge on any atom is 0.236 e. The largest absolute Gasteiger partial charge is 0.352 e. The van der Waals surface area contributed by atoms with Crippen molar-refractivity contribution in [2.75, 3.05) is 0 Å². The van der Waals surface area contributed by atoms with Gasteiger partial charge in [-0.05, 0) is 19.4 Å². The summed E-state index contributed by atoms with van der Waals surface area (Å²) in [7, 11) is 0. The van der Waals surface area contributed by atoms with Gasteiger partial charge in [0, 0.05) is 12.0 Å². The van der Waals surface area contributed by atoms with Gasteiger partial charge in [-0.25, -0.2) is 0 Å². The zero-order valence-electron chi connectivity index (χ0n) is 10.5. The van der Waals surface area contributed by atoms with Gasteiger partial charge in [0.25, 0.3) is 0 Å². The Kier molecular flexibility index (Phi) is 6.85. The second-order valence-electron chi connectivity index (χ2n) is 4.29. The van der Waals surface area contributed by atoms with Gasteiger partial charge >= 0.3 is 0 Å². The quantitative estimate of drug-likeness (QED) is 0.867. The van der Waals surface area contributed by atoms with Crippen LogP contribution >= 0.6 is 12.4 Å². The predicted molar refractivity (Wildman–Crippen MR) is 73.4 cm³/mol. The Morgan fingerprint density at radius 3 is 2.18 bits per heavy atom. The van der Waals surface area contributed by atoms with Crippen molar-refractivity contribution in [3.05, 3.63) is 35.9 Å². The Balaban J connectivity index is 0.00000256. The minimum atomic E-state index is -0.453. The van der Waals surface area contributed by atoms with Crippen molar-refractivity contribution in [2.45, 2.75) is 38.8 Å². The zero-order valence-corrected chi connectivity index (χ0v) is 11.3. The molecule has 1 rings (SSSR count). The van der Waals surface area contributed by atoms with Gasteiger partial charge < -0.3 is 11.1 Å². The molecule has 3 atom stereocenters. The van der Waals surface area contributed by atoms with Crippen molar-refractivity contribution in [1.82, 2.24) is 5.32 Å². The van der Waals surface area contributed by atoms with E-state index in [1.807, 2.05) is 25.1 Å². The van der Waals surface area contributed by atoms with Crippen LogP contribution in [0.25, 0.3) is 0 Å². The molecule has 2 unspecified atom stereocenters. The van der Waals surface area contributed by atoms with Crippen molar-refractivity contribution >= 4 is 18.3 Å². The maximum absolute atomic E-state index is 11.5. The molecule has 96 valence electrons. The van der Waals surface area contributed by atoms with Gasteiger partial charge in [-0.3, -0.25) is 4.79 Å². The summed E-state index contributed by atoms with van der Waals surface area (Å²) in [6.45, 7) is 5.79. The number of hydrogen-bond acceptors (Lipinski definition) is 2. The average molecular weight is 257 g/mol. The maximum atomic E-state index is 11.5. The summed E-state index contributed by atoms with van der Waals surface area (Å²) >= 11 is 0. The minimum absolute atomic E-state index is 0. The van der Waals surface area contributed by atoms with E-state index in [4.69, 9.17) is 5.73 Å². The van der Waals surface area contributed by atoms with Crippen molar-refractivity contribution < 1.29 is 4.79 Å². The number of nitrogens with two attached hydrogens (primary N) is 1. The normalized spacial score (nSPS) is 15.3. The van der Waals surface area contributed by atoms with Crippen LogP contribution in [0.2, 0.25) is 0 Å². The van der Waals surface area contributed by atoms with Crippen molar-refractivity contribution in [3.63, 3.8) is 0 Å². The second kappa shape index (κ2) is 7.30. The number of rotatable bonds is 4. The van der Waals surface area contributed by atoms with E-state index in [1.54, 1.807) is 6.92 Å². The molecular weight excluding hydrogens is 236 g/mol. The Morgan fingerprint density at radius 2 is 1.71 bits per heavy atom. The van der Waals surface area contributed by atoms with E-state index in [2.05, 4.69) is 24.4 Å². The van der Waals surface area contributed by atoms with E-state index in [0.29, 0.717) is 0 Å². The fourth-order valence-electron chi connectivity index (χ4n) is 1.53. The van der Waals surface area contributed by atoms with Gasteiger partial charge in [0.05, 0.1) is 6.04 Å². The summed E-state index contributed by atoms with van der Waals surface area (Å²) in [5, 5.41) is 2.91. The molecule has 3 nitrogen and oxygen atoms in total.